The van der Waals surface area contributed by atoms with Gasteiger partial charge in [-0.05, 0) is 31.3 Å². The van der Waals surface area contributed by atoms with Crippen molar-refractivity contribution in [3.8, 4) is 0 Å². The van der Waals surface area contributed by atoms with E-state index in [1.807, 2.05) is 0 Å². The zero-order chi connectivity index (χ0) is 8.97. The highest BCUT2D eigenvalue weighted by Gasteiger charge is 2.20. The highest BCUT2D eigenvalue weighted by molar-refractivity contribution is 5.20. The van der Waals surface area contributed by atoms with Crippen molar-refractivity contribution in [1.29, 1.82) is 0 Å². The van der Waals surface area contributed by atoms with E-state index < -0.39 is 0 Å². The lowest BCUT2D eigenvalue weighted by molar-refractivity contribution is 0.635. The lowest BCUT2D eigenvalue weighted by Crippen LogP contribution is -2.13. The topological polar surface area (TPSA) is 29.4 Å². The summed E-state index contributed by atoms with van der Waals surface area (Å²) in [5.41, 5.74) is 2.37. The summed E-state index contributed by atoms with van der Waals surface area (Å²) in [6.45, 7) is 5.95. The molecule has 1 rings (SSSR count). The molecular formula is C10H15NO. The maximum absolute atomic E-state index is 10.4. The molecule has 0 amide bonds. The molecule has 1 aliphatic rings. The van der Waals surface area contributed by atoms with Gasteiger partial charge in [-0.25, -0.2) is 0 Å². The molecule has 0 unspecified atom stereocenters. The SMILES string of the molecule is C=C1CC/C(=C\CC)C[C@H]1N=O. The lowest BCUT2D eigenvalue weighted by Gasteiger charge is -2.20. The zero-order valence-electron chi connectivity index (χ0n) is 7.55. The molecule has 1 aliphatic carbocycles. The molecule has 66 valence electrons. The van der Waals surface area contributed by atoms with Crippen molar-refractivity contribution < 1.29 is 0 Å². The summed E-state index contributed by atoms with van der Waals surface area (Å²) in [5.74, 6) is 0. The molecular weight excluding hydrogens is 150 g/mol. The summed E-state index contributed by atoms with van der Waals surface area (Å²) in [6, 6.07) is -0.156. The van der Waals surface area contributed by atoms with Gasteiger partial charge in [0.1, 0.15) is 6.04 Å². The first-order chi connectivity index (χ1) is 5.77. The number of rotatable bonds is 2. The van der Waals surface area contributed by atoms with E-state index in [-0.39, 0.29) is 6.04 Å². The van der Waals surface area contributed by atoms with Gasteiger partial charge in [-0.2, -0.15) is 4.91 Å². The zero-order valence-corrected chi connectivity index (χ0v) is 7.55. The molecule has 2 heteroatoms. The Hall–Kier alpha value is -0.920. The molecule has 0 aromatic carbocycles. The number of hydrogen-bond acceptors (Lipinski definition) is 2. The van der Waals surface area contributed by atoms with Crippen molar-refractivity contribution >= 4 is 0 Å². The van der Waals surface area contributed by atoms with Gasteiger partial charge >= 0.3 is 0 Å². The van der Waals surface area contributed by atoms with Gasteiger partial charge in [0.05, 0.1) is 0 Å². The Bertz CT molecular complexity index is 218. The molecule has 0 radical (unpaired) electrons. The first-order valence-electron chi connectivity index (χ1n) is 4.46. The highest BCUT2D eigenvalue weighted by Crippen LogP contribution is 2.29. The molecule has 2 nitrogen and oxygen atoms in total. The van der Waals surface area contributed by atoms with Crippen LogP contribution in [0.1, 0.15) is 32.6 Å². The average molecular weight is 165 g/mol. The van der Waals surface area contributed by atoms with E-state index in [1.165, 1.54) is 5.57 Å². The molecule has 12 heavy (non-hydrogen) atoms. The van der Waals surface area contributed by atoms with Gasteiger partial charge in [0.15, 0.2) is 0 Å². The smallest absolute Gasteiger partial charge is 0.116 e. The van der Waals surface area contributed by atoms with E-state index in [1.54, 1.807) is 0 Å². The Balaban J connectivity index is 2.61. The Kier molecular flexibility index (Phi) is 3.20. The predicted octanol–water partition coefficient (Wildman–Crippen LogP) is 3.20. The summed E-state index contributed by atoms with van der Waals surface area (Å²) in [6.07, 6.45) is 6.05. The van der Waals surface area contributed by atoms with E-state index in [4.69, 9.17) is 0 Å². The second-order valence-corrected chi connectivity index (χ2v) is 3.25. The quantitative estimate of drug-likeness (QED) is 0.456. The Labute approximate surface area is 73.3 Å². The molecule has 1 fully saturated rings. The summed E-state index contributed by atoms with van der Waals surface area (Å²) in [5, 5.41) is 3.07. The van der Waals surface area contributed by atoms with Gasteiger partial charge in [-0.3, -0.25) is 0 Å². The minimum absolute atomic E-state index is 0.156. The maximum Gasteiger partial charge on any atom is 0.116 e. The first-order valence-corrected chi connectivity index (χ1v) is 4.46. The van der Waals surface area contributed by atoms with Gasteiger partial charge in [-0.15, -0.1) is 0 Å². The van der Waals surface area contributed by atoms with Crippen LogP contribution < -0.4 is 0 Å². The fourth-order valence-electron chi connectivity index (χ4n) is 1.57. The van der Waals surface area contributed by atoms with E-state index >= 15 is 0 Å². The third kappa shape index (κ3) is 2.03. The number of nitrogens with zero attached hydrogens (tertiary/aromatic N) is 1. The van der Waals surface area contributed by atoms with Crippen LogP contribution in [0.5, 0.6) is 0 Å². The summed E-state index contributed by atoms with van der Waals surface area (Å²) in [4.78, 5) is 10.4. The van der Waals surface area contributed by atoms with Crippen molar-refractivity contribution in [3.63, 3.8) is 0 Å². The number of hydrogen-bond donors (Lipinski definition) is 0. The molecule has 0 bridgehead atoms. The first kappa shape index (κ1) is 9.17. The highest BCUT2D eigenvalue weighted by atomic mass is 16.3. The Morgan fingerprint density at radius 1 is 1.67 bits per heavy atom. The maximum atomic E-state index is 10.4. The molecule has 1 saturated carbocycles. The van der Waals surface area contributed by atoms with Gasteiger partial charge in [-0.1, -0.05) is 30.3 Å². The fourth-order valence-corrected chi connectivity index (χ4v) is 1.57. The van der Waals surface area contributed by atoms with Crippen LogP contribution in [0.15, 0.2) is 29.0 Å². The molecule has 0 heterocycles. The molecule has 0 saturated heterocycles. The van der Waals surface area contributed by atoms with Crippen LogP contribution in [0, 0.1) is 4.91 Å². The molecule has 0 aromatic rings. The molecule has 0 aliphatic heterocycles. The van der Waals surface area contributed by atoms with Crippen molar-refractivity contribution in [2.75, 3.05) is 0 Å². The standard InChI is InChI=1S/C10H15NO/c1-3-4-9-6-5-8(2)10(7-9)11-12/h4,10H,2-3,5-7H2,1H3/b9-4+/t10-/m1/s1. The van der Waals surface area contributed by atoms with Gasteiger partial charge in [0.25, 0.3) is 0 Å². The minimum Gasteiger partial charge on any atom is -0.150 e. The molecule has 1 atom stereocenters. The largest absolute Gasteiger partial charge is 0.150 e. The third-order valence-electron chi connectivity index (χ3n) is 2.31. The van der Waals surface area contributed by atoms with Crippen LogP contribution in [0.4, 0.5) is 0 Å². The van der Waals surface area contributed by atoms with Gasteiger partial charge in [0.2, 0.25) is 0 Å². The van der Waals surface area contributed by atoms with Crippen molar-refractivity contribution in [2.45, 2.75) is 38.6 Å². The lowest BCUT2D eigenvalue weighted by atomic mass is 9.87. The Morgan fingerprint density at radius 2 is 2.42 bits per heavy atom. The summed E-state index contributed by atoms with van der Waals surface area (Å²) >= 11 is 0. The van der Waals surface area contributed by atoms with Crippen LogP contribution in [-0.4, -0.2) is 6.04 Å². The predicted molar refractivity (Wildman–Crippen MR) is 50.9 cm³/mol. The van der Waals surface area contributed by atoms with E-state index in [2.05, 4.69) is 24.8 Å². The molecule has 0 aromatic heterocycles. The van der Waals surface area contributed by atoms with Crippen LogP contribution in [0.2, 0.25) is 0 Å². The second-order valence-electron chi connectivity index (χ2n) is 3.25. The Morgan fingerprint density at radius 3 is 3.00 bits per heavy atom. The number of allylic oxidation sites excluding steroid dienone is 1. The molecule has 0 spiro atoms. The normalized spacial score (nSPS) is 27.6. The van der Waals surface area contributed by atoms with Crippen molar-refractivity contribution in [3.05, 3.63) is 28.7 Å². The van der Waals surface area contributed by atoms with Crippen molar-refractivity contribution in [2.24, 2.45) is 5.18 Å². The van der Waals surface area contributed by atoms with Crippen molar-refractivity contribution in [1.82, 2.24) is 0 Å². The average Bonchev–Trinajstić information content (AvgIpc) is 2.09. The van der Waals surface area contributed by atoms with E-state index in [9.17, 15) is 4.91 Å². The van der Waals surface area contributed by atoms with Crippen LogP contribution in [-0.2, 0) is 0 Å². The molecule has 0 N–H and O–H groups in total. The van der Waals surface area contributed by atoms with Crippen LogP contribution >= 0.6 is 0 Å². The summed E-state index contributed by atoms with van der Waals surface area (Å²) < 4.78 is 0. The van der Waals surface area contributed by atoms with Crippen LogP contribution in [0.25, 0.3) is 0 Å². The minimum atomic E-state index is -0.156. The van der Waals surface area contributed by atoms with Crippen LogP contribution in [0.3, 0.4) is 0 Å². The monoisotopic (exact) mass is 165 g/mol. The second kappa shape index (κ2) is 4.19. The van der Waals surface area contributed by atoms with E-state index in [0.29, 0.717) is 0 Å². The van der Waals surface area contributed by atoms with Gasteiger partial charge in [0, 0.05) is 0 Å². The third-order valence-corrected chi connectivity index (χ3v) is 2.31. The fraction of sp³-hybridized carbons (Fsp3) is 0.600. The van der Waals surface area contributed by atoms with E-state index in [0.717, 1.165) is 31.3 Å². The number of nitroso groups, excluding NO2 is 1. The summed E-state index contributed by atoms with van der Waals surface area (Å²) in [7, 11) is 0. The van der Waals surface area contributed by atoms with Gasteiger partial charge < -0.3 is 0 Å².